The zero-order valence-corrected chi connectivity index (χ0v) is 17.9. The number of carbonyl (C=O) groups excluding carboxylic acids is 1. The molecule has 0 saturated carbocycles. The molecule has 0 radical (unpaired) electrons. The number of carbonyl (C=O) groups is 1. The van der Waals surface area contributed by atoms with Gasteiger partial charge in [0.15, 0.2) is 11.6 Å². The van der Waals surface area contributed by atoms with Crippen LogP contribution in [0.4, 0.5) is 16.0 Å². The molecule has 2 N–H and O–H groups in total. The zero-order chi connectivity index (χ0) is 22.5. The van der Waals surface area contributed by atoms with Crippen LogP contribution in [0.25, 0.3) is 0 Å². The monoisotopic (exact) mass is 457 g/mol. The van der Waals surface area contributed by atoms with Gasteiger partial charge in [0, 0.05) is 32.7 Å². The first-order valence-corrected chi connectivity index (χ1v) is 10.3. The highest BCUT2D eigenvalue weighted by atomic mass is 35.5. The maximum absolute atomic E-state index is 14.2. The Kier molecular flexibility index (Phi) is 6.72. The topological polar surface area (TPSA) is 109 Å². The first-order chi connectivity index (χ1) is 15.5. The molecule has 0 atom stereocenters. The number of hydrogen-bond acceptors (Lipinski definition) is 8. The molecule has 0 unspecified atom stereocenters. The van der Waals surface area contributed by atoms with Crippen molar-refractivity contribution >= 4 is 29.1 Å². The minimum Gasteiger partial charge on any atom is -0.495 e. The van der Waals surface area contributed by atoms with Gasteiger partial charge in [-0.05, 0) is 24.3 Å². The zero-order valence-electron chi connectivity index (χ0n) is 17.1. The highest BCUT2D eigenvalue weighted by molar-refractivity contribution is 6.31. The third-order valence-electron chi connectivity index (χ3n) is 5.02. The number of benzene rings is 1. The number of rotatable bonds is 5. The van der Waals surface area contributed by atoms with Crippen LogP contribution in [0.2, 0.25) is 5.02 Å². The van der Waals surface area contributed by atoms with E-state index in [4.69, 9.17) is 22.1 Å². The quantitative estimate of drug-likeness (QED) is 0.690. The van der Waals surface area contributed by atoms with Crippen LogP contribution in [0.5, 0.6) is 0 Å². The van der Waals surface area contributed by atoms with Gasteiger partial charge in [0.2, 0.25) is 5.82 Å². The van der Waals surface area contributed by atoms with E-state index >= 15 is 0 Å². The van der Waals surface area contributed by atoms with Gasteiger partial charge in [-0.1, -0.05) is 17.7 Å². The Hall–Kier alpha value is -3.37. The molecule has 166 valence electrons. The fourth-order valence-electron chi connectivity index (χ4n) is 3.33. The number of allylic oxidation sites excluding steroid dienone is 2. The summed E-state index contributed by atoms with van der Waals surface area (Å²) in [5.74, 6) is -0.627. The van der Waals surface area contributed by atoms with Gasteiger partial charge >= 0.3 is 0 Å². The van der Waals surface area contributed by atoms with Gasteiger partial charge < -0.3 is 15.4 Å². The number of halogens is 2. The molecular formula is C21H21ClFN7O2. The second-order valence-electron chi connectivity index (χ2n) is 7.24. The Morgan fingerprint density at radius 3 is 2.78 bits per heavy atom. The molecule has 2 aromatic rings. The number of aromatic nitrogens is 2. The van der Waals surface area contributed by atoms with Crippen LogP contribution < -0.4 is 5.73 Å². The lowest BCUT2D eigenvalue weighted by Crippen LogP contribution is -2.48. The van der Waals surface area contributed by atoms with E-state index in [0.717, 1.165) is 0 Å². The molecule has 4 rings (SSSR count). The van der Waals surface area contributed by atoms with Crippen molar-refractivity contribution < 1.29 is 13.9 Å². The Balaban J connectivity index is 1.33. The molecule has 3 heterocycles. The second-order valence-corrected chi connectivity index (χ2v) is 7.64. The van der Waals surface area contributed by atoms with Crippen LogP contribution in [0.3, 0.4) is 0 Å². The summed E-state index contributed by atoms with van der Waals surface area (Å²) in [6.45, 7) is 3.00. The summed E-state index contributed by atoms with van der Waals surface area (Å²) in [7, 11) is 0. The smallest absolute Gasteiger partial charge is 0.256 e. The summed E-state index contributed by atoms with van der Waals surface area (Å²) in [5, 5.41) is 8.04. The summed E-state index contributed by atoms with van der Waals surface area (Å²) in [6.07, 6.45) is 6.70. The number of azo groups is 1. The predicted molar refractivity (Wildman–Crippen MR) is 117 cm³/mol. The number of amides is 1. The minimum atomic E-state index is -0.687. The van der Waals surface area contributed by atoms with Crippen molar-refractivity contribution in [3.8, 4) is 0 Å². The first kappa shape index (κ1) is 21.8. The van der Waals surface area contributed by atoms with Crippen LogP contribution >= 0.6 is 11.6 Å². The van der Waals surface area contributed by atoms with E-state index in [1.54, 1.807) is 35.6 Å². The molecule has 0 bridgehead atoms. The average molecular weight is 458 g/mol. The van der Waals surface area contributed by atoms with Gasteiger partial charge in [-0.3, -0.25) is 9.69 Å². The van der Waals surface area contributed by atoms with Gasteiger partial charge in [0.1, 0.15) is 12.3 Å². The fraction of sp³-hybridized carbons (Fsp3) is 0.286. The van der Waals surface area contributed by atoms with Crippen LogP contribution in [0.1, 0.15) is 16.1 Å². The lowest BCUT2D eigenvalue weighted by Gasteiger charge is -2.34. The maximum Gasteiger partial charge on any atom is 0.256 e. The number of ether oxygens (including phenoxy) is 1. The second kappa shape index (κ2) is 9.84. The number of nitrogens with zero attached hydrogens (tertiary/aromatic N) is 6. The molecule has 1 amide bonds. The summed E-state index contributed by atoms with van der Waals surface area (Å²) >= 11 is 5.79. The molecule has 0 spiro atoms. The van der Waals surface area contributed by atoms with Crippen molar-refractivity contribution in [2.45, 2.75) is 6.54 Å². The van der Waals surface area contributed by atoms with E-state index in [-0.39, 0.29) is 28.1 Å². The minimum absolute atomic E-state index is 0.0130. The van der Waals surface area contributed by atoms with Crippen molar-refractivity contribution in [3.05, 3.63) is 70.6 Å². The standard InChI is InChI=1S/C21H21ClFN7O2/c22-17-5-1-4-16(18(17)23)21(31)30-8-6-29(7-9-30)12-15-11-25-20(19(24)26-15)28-27-14-3-2-10-32-13-14/h1-5,10-11H,6-9,12-13H2,(H2,24,26). The Morgan fingerprint density at radius 2 is 2.06 bits per heavy atom. The van der Waals surface area contributed by atoms with Gasteiger partial charge in [0.25, 0.3) is 5.91 Å². The lowest BCUT2D eigenvalue weighted by molar-refractivity contribution is 0.0622. The Morgan fingerprint density at radius 1 is 1.25 bits per heavy atom. The third-order valence-corrected chi connectivity index (χ3v) is 5.32. The maximum atomic E-state index is 14.2. The van der Waals surface area contributed by atoms with E-state index < -0.39 is 5.82 Å². The summed E-state index contributed by atoms with van der Waals surface area (Å²) in [6, 6.07) is 4.43. The van der Waals surface area contributed by atoms with Gasteiger partial charge in [0.05, 0.1) is 28.7 Å². The van der Waals surface area contributed by atoms with E-state index in [2.05, 4.69) is 25.1 Å². The Labute approximate surface area is 189 Å². The fourth-order valence-corrected chi connectivity index (χ4v) is 3.50. The van der Waals surface area contributed by atoms with E-state index in [1.165, 1.54) is 12.1 Å². The first-order valence-electron chi connectivity index (χ1n) is 9.97. The van der Waals surface area contributed by atoms with Crippen molar-refractivity contribution in [1.29, 1.82) is 0 Å². The van der Waals surface area contributed by atoms with Gasteiger partial charge in [-0.25, -0.2) is 14.4 Å². The summed E-state index contributed by atoms with van der Waals surface area (Å²) in [5.41, 5.74) is 7.31. The van der Waals surface area contributed by atoms with Crippen molar-refractivity contribution in [3.63, 3.8) is 0 Å². The van der Waals surface area contributed by atoms with Crippen molar-refractivity contribution in [2.75, 3.05) is 38.5 Å². The molecule has 2 aliphatic heterocycles. The molecule has 2 aliphatic rings. The average Bonchev–Trinajstić information content (AvgIpc) is 2.81. The molecule has 1 fully saturated rings. The molecule has 11 heteroatoms. The normalized spacial score (nSPS) is 16.8. The Bertz CT molecular complexity index is 1100. The molecule has 9 nitrogen and oxygen atoms in total. The largest absolute Gasteiger partial charge is 0.495 e. The van der Waals surface area contributed by atoms with Crippen LogP contribution in [0, 0.1) is 5.82 Å². The van der Waals surface area contributed by atoms with E-state index in [1.807, 2.05) is 0 Å². The van der Waals surface area contributed by atoms with Crippen LogP contribution in [-0.4, -0.2) is 58.5 Å². The number of piperazine rings is 1. The lowest BCUT2D eigenvalue weighted by atomic mass is 10.1. The SMILES string of the molecule is Nc1nc(CN2CCN(C(=O)c3cccc(Cl)c3F)CC2)cnc1N=NC1=CC=COC1. The van der Waals surface area contributed by atoms with Gasteiger partial charge in [-0.15, -0.1) is 10.2 Å². The van der Waals surface area contributed by atoms with E-state index in [9.17, 15) is 9.18 Å². The van der Waals surface area contributed by atoms with Gasteiger partial charge in [-0.2, -0.15) is 0 Å². The van der Waals surface area contributed by atoms with Crippen molar-refractivity contribution in [2.24, 2.45) is 10.2 Å². The summed E-state index contributed by atoms with van der Waals surface area (Å²) < 4.78 is 19.3. The predicted octanol–water partition coefficient (Wildman–Crippen LogP) is 3.32. The molecular weight excluding hydrogens is 437 g/mol. The van der Waals surface area contributed by atoms with Crippen LogP contribution in [-0.2, 0) is 11.3 Å². The molecule has 1 saturated heterocycles. The summed E-state index contributed by atoms with van der Waals surface area (Å²) in [4.78, 5) is 25.0. The number of nitrogen functional groups attached to an aromatic ring is 1. The molecule has 0 aliphatic carbocycles. The molecule has 1 aromatic heterocycles. The number of anilines is 1. The molecule has 1 aromatic carbocycles. The number of nitrogens with two attached hydrogens (primary N) is 1. The third kappa shape index (κ3) is 5.09. The highest BCUT2D eigenvalue weighted by Gasteiger charge is 2.25. The number of hydrogen-bond donors (Lipinski definition) is 1. The van der Waals surface area contributed by atoms with Crippen LogP contribution in [0.15, 0.2) is 58.7 Å². The highest BCUT2D eigenvalue weighted by Crippen LogP contribution is 2.21. The van der Waals surface area contributed by atoms with E-state index in [0.29, 0.717) is 50.7 Å². The molecule has 32 heavy (non-hydrogen) atoms. The van der Waals surface area contributed by atoms with Crippen molar-refractivity contribution in [1.82, 2.24) is 19.8 Å².